The molecule has 7 nitrogen and oxygen atoms in total. The monoisotopic (exact) mass is 354 g/mol. The summed E-state index contributed by atoms with van der Waals surface area (Å²) in [7, 11) is 0. The lowest BCUT2D eigenvalue weighted by molar-refractivity contribution is -0.156. The van der Waals surface area contributed by atoms with Crippen LogP contribution in [-0.2, 0) is 16.3 Å². The first-order chi connectivity index (χ1) is 12.2. The molecule has 0 aliphatic rings. The number of ether oxygens (including phenoxy) is 2. The molecule has 0 unspecified atom stereocenters. The minimum atomic E-state index is -0.560. The van der Waals surface area contributed by atoms with Gasteiger partial charge in [-0.25, -0.2) is 4.98 Å². The van der Waals surface area contributed by atoms with Gasteiger partial charge in [0.15, 0.2) is 6.73 Å². The molecule has 0 radical (unpaired) electrons. The second-order valence-electron chi connectivity index (χ2n) is 7.08. The number of hydrogen-bond acceptors (Lipinski definition) is 6. The maximum atomic E-state index is 12.0. The van der Waals surface area contributed by atoms with Gasteiger partial charge in [0.2, 0.25) is 5.88 Å². The Morgan fingerprint density at radius 1 is 1.23 bits per heavy atom. The molecule has 2 heterocycles. The Bertz CT molecular complexity index is 957. The molecule has 0 bridgehead atoms. The number of aromatic nitrogens is 3. The van der Waals surface area contributed by atoms with Crippen LogP contribution in [0.3, 0.4) is 0 Å². The highest BCUT2D eigenvalue weighted by molar-refractivity contribution is 5.82. The van der Waals surface area contributed by atoms with Crippen molar-refractivity contribution in [2.45, 2.75) is 34.4 Å². The number of fused-ring (bicyclic) bond motifs is 1. The molecule has 0 fully saturated rings. The zero-order valence-electron chi connectivity index (χ0n) is 15.3. The molecule has 0 atom stereocenters. The summed E-state index contributed by atoms with van der Waals surface area (Å²) in [5, 5.41) is 0.727. The molecule has 2 aromatic heterocycles. The van der Waals surface area contributed by atoms with Crippen molar-refractivity contribution < 1.29 is 14.3 Å². The smallest absolute Gasteiger partial charge is 0.312 e. The van der Waals surface area contributed by atoms with Crippen molar-refractivity contribution in [1.82, 2.24) is 14.5 Å². The second kappa shape index (κ2) is 6.67. The van der Waals surface area contributed by atoms with Crippen LogP contribution >= 0.6 is 0 Å². The predicted octanol–water partition coefficient (Wildman–Crippen LogP) is 3.66. The number of carbonyl (C=O) groups excluding carboxylic acids is 1. The third-order valence-corrected chi connectivity index (χ3v) is 3.72. The maximum Gasteiger partial charge on any atom is 0.312 e. The Balaban J connectivity index is 1.90. The number of hydrogen-bond donors (Lipinski definition) is 1. The lowest BCUT2D eigenvalue weighted by Gasteiger charge is -2.17. The van der Waals surface area contributed by atoms with Crippen molar-refractivity contribution in [2.75, 3.05) is 5.73 Å². The Kier molecular flexibility index (Phi) is 4.54. The van der Waals surface area contributed by atoms with Crippen molar-refractivity contribution in [3.8, 4) is 11.6 Å². The van der Waals surface area contributed by atoms with E-state index in [2.05, 4.69) is 9.97 Å². The quantitative estimate of drug-likeness (QED) is 0.568. The summed E-state index contributed by atoms with van der Waals surface area (Å²) in [5.74, 6) is 1.30. The lowest BCUT2D eigenvalue weighted by atomic mass is 9.98. The third kappa shape index (κ3) is 3.77. The molecule has 26 heavy (non-hydrogen) atoms. The SMILES string of the molecule is Cc1nc(Oc2cccc(N)c2)c2ccn(COC(=O)C(C)(C)C)c2n1. The molecule has 0 saturated heterocycles. The topological polar surface area (TPSA) is 92.3 Å². The van der Waals surface area contributed by atoms with Crippen molar-refractivity contribution in [2.24, 2.45) is 5.41 Å². The third-order valence-electron chi connectivity index (χ3n) is 3.72. The number of nitrogens with zero attached hydrogens (tertiary/aromatic N) is 3. The van der Waals surface area contributed by atoms with Crippen molar-refractivity contribution >= 4 is 22.7 Å². The van der Waals surface area contributed by atoms with Crippen molar-refractivity contribution in [3.63, 3.8) is 0 Å². The van der Waals surface area contributed by atoms with E-state index < -0.39 is 5.41 Å². The van der Waals surface area contributed by atoms with Gasteiger partial charge in [-0.3, -0.25) is 9.36 Å². The predicted molar refractivity (Wildman–Crippen MR) is 98.7 cm³/mol. The fraction of sp³-hybridized carbons (Fsp3) is 0.316. The molecule has 0 amide bonds. The zero-order chi connectivity index (χ0) is 18.9. The van der Waals surface area contributed by atoms with Crippen LogP contribution in [0, 0.1) is 12.3 Å². The van der Waals surface area contributed by atoms with Crippen molar-refractivity contribution in [3.05, 3.63) is 42.4 Å². The number of benzene rings is 1. The summed E-state index contributed by atoms with van der Waals surface area (Å²) in [6.45, 7) is 7.30. The van der Waals surface area contributed by atoms with Crippen molar-refractivity contribution in [1.29, 1.82) is 0 Å². The van der Waals surface area contributed by atoms with Crippen LogP contribution in [-0.4, -0.2) is 20.5 Å². The molecular formula is C19H22N4O3. The van der Waals surface area contributed by atoms with Gasteiger partial charge in [0.05, 0.1) is 10.8 Å². The van der Waals surface area contributed by atoms with Gasteiger partial charge in [-0.05, 0) is 45.9 Å². The molecule has 0 aliphatic heterocycles. The van der Waals surface area contributed by atoms with Gasteiger partial charge in [0, 0.05) is 18.0 Å². The summed E-state index contributed by atoms with van der Waals surface area (Å²) in [4.78, 5) is 20.8. The van der Waals surface area contributed by atoms with E-state index in [0.717, 1.165) is 5.39 Å². The minimum absolute atomic E-state index is 0.0772. The summed E-state index contributed by atoms with van der Waals surface area (Å²) in [6.07, 6.45) is 1.79. The fourth-order valence-electron chi connectivity index (χ4n) is 2.36. The molecule has 0 saturated carbocycles. The average Bonchev–Trinajstić information content (AvgIpc) is 2.94. The van der Waals surface area contributed by atoms with E-state index in [1.165, 1.54) is 0 Å². The van der Waals surface area contributed by atoms with E-state index in [1.807, 2.05) is 39.0 Å². The summed E-state index contributed by atoms with van der Waals surface area (Å²) >= 11 is 0. The van der Waals surface area contributed by atoms with Crippen LogP contribution in [0.2, 0.25) is 0 Å². The fourth-order valence-corrected chi connectivity index (χ4v) is 2.36. The first kappa shape index (κ1) is 17.7. The van der Waals surface area contributed by atoms with Crippen LogP contribution in [0.1, 0.15) is 26.6 Å². The zero-order valence-corrected chi connectivity index (χ0v) is 15.3. The van der Waals surface area contributed by atoms with Crippen LogP contribution in [0.15, 0.2) is 36.5 Å². The standard InChI is InChI=1S/C19H22N4O3/c1-12-21-16-15(8-9-23(16)11-25-18(24)19(2,3)4)17(22-12)26-14-7-5-6-13(20)10-14/h5-10H,11,20H2,1-4H3. The molecule has 0 spiro atoms. The minimum Gasteiger partial charge on any atom is -0.443 e. The molecular weight excluding hydrogens is 332 g/mol. The second-order valence-corrected chi connectivity index (χ2v) is 7.08. The van der Waals surface area contributed by atoms with E-state index >= 15 is 0 Å². The van der Waals surface area contributed by atoms with Gasteiger partial charge < -0.3 is 15.2 Å². The largest absolute Gasteiger partial charge is 0.443 e. The first-order valence-corrected chi connectivity index (χ1v) is 8.28. The molecule has 0 aliphatic carbocycles. The van der Waals surface area contributed by atoms with Crippen LogP contribution in [0.4, 0.5) is 5.69 Å². The molecule has 1 aromatic carbocycles. The molecule has 3 rings (SSSR count). The molecule has 7 heteroatoms. The molecule has 2 N–H and O–H groups in total. The van der Waals surface area contributed by atoms with Gasteiger partial charge in [-0.15, -0.1) is 0 Å². The normalized spacial score (nSPS) is 11.5. The van der Waals surface area contributed by atoms with Gasteiger partial charge in [-0.1, -0.05) is 6.07 Å². The number of aryl methyl sites for hydroxylation is 1. The van der Waals surface area contributed by atoms with E-state index in [0.29, 0.717) is 28.8 Å². The Labute approximate surface area is 151 Å². The summed E-state index contributed by atoms with van der Waals surface area (Å²) in [6, 6.07) is 8.97. The number of rotatable bonds is 4. The van der Waals surface area contributed by atoms with E-state index in [-0.39, 0.29) is 12.7 Å². The highest BCUT2D eigenvalue weighted by Crippen LogP contribution is 2.29. The number of nitrogen functional groups attached to an aromatic ring is 1. The van der Waals surface area contributed by atoms with Crippen LogP contribution < -0.4 is 10.5 Å². The van der Waals surface area contributed by atoms with Crippen LogP contribution in [0.5, 0.6) is 11.6 Å². The Morgan fingerprint density at radius 3 is 2.69 bits per heavy atom. The number of esters is 1. The first-order valence-electron chi connectivity index (χ1n) is 8.28. The van der Waals surface area contributed by atoms with Gasteiger partial charge in [0.1, 0.15) is 17.2 Å². The summed E-state index contributed by atoms with van der Waals surface area (Å²) in [5.41, 5.74) is 6.48. The van der Waals surface area contributed by atoms with Gasteiger partial charge >= 0.3 is 5.97 Å². The number of anilines is 1. The summed E-state index contributed by atoms with van der Waals surface area (Å²) < 4.78 is 13.0. The highest BCUT2D eigenvalue weighted by atomic mass is 16.5. The van der Waals surface area contributed by atoms with E-state index in [4.69, 9.17) is 15.2 Å². The maximum absolute atomic E-state index is 12.0. The van der Waals surface area contributed by atoms with Gasteiger partial charge in [0.25, 0.3) is 0 Å². The highest BCUT2D eigenvalue weighted by Gasteiger charge is 2.23. The number of carbonyl (C=O) groups is 1. The van der Waals surface area contributed by atoms with E-state index in [9.17, 15) is 4.79 Å². The average molecular weight is 354 g/mol. The Morgan fingerprint density at radius 2 is 2.00 bits per heavy atom. The van der Waals surface area contributed by atoms with Gasteiger partial charge in [-0.2, -0.15) is 4.98 Å². The number of nitrogens with two attached hydrogens (primary N) is 1. The lowest BCUT2D eigenvalue weighted by Crippen LogP contribution is -2.24. The van der Waals surface area contributed by atoms with Crippen LogP contribution in [0.25, 0.3) is 11.0 Å². The van der Waals surface area contributed by atoms with E-state index in [1.54, 1.807) is 29.8 Å². The Hall–Kier alpha value is -3.09. The molecule has 3 aromatic rings. The molecule has 136 valence electrons.